The number of urea groups is 1. The van der Waals surface area contributed by atoms with Gasteiger partial charge in [-0.05, 0) is 19.8 Å². The van der Waals surface area contributed by atoms with Gasteiger partial charge in [0.2, 0.25) is 5.91 Å². The number of hydrogen-bond donors (Lipinski definition) is 1. The van der Waals surface area contributed by atoms with Crippen molar-refractivity contribution < 1.29 is 14.4 Å². The second-order valence-corrected chi connectivity index (χ2v) is 6.82. The largest absolute Gasteiger partial charge is 0.351 e. The van der Waals surface area contributed by atoms with E-state index in [-0.39, 0.29) is 24.3 Å². The van der Waals surface area contributed by atoms with E-state index in [1.165, 1.54) is 19.0 Å². The second-order valence-electron chi connectivity index (χ2n) is 5.65. The fourth-order valence-corrected chi connectivity index (χ4v) is 3.59. The summed E-state index contributed by atoms with van der Waals surface area (Å²) in [5, 5.41) is 3.89. The van der Waals surface area contributed by atoms with Gasteiger partial charge in [-0.15, -0.1) is 11.3 Å². The summed E-state index contributed by atoms with van der Waals surface area (Å²) in [6.45, 7) is 4.44. The van der Waals surface area contributed by atoms with Crippen LogP contribution in [0.5, 0.6) is 0 Å². The number of carbonyl (C=O) groups is 3. The first-order valence-electron chi connectivity index (χ1n) is 7.61. The lowest BCUT2D eigenvalue weighted by Gasteiger charge is -2.15. The molecule has 8 heteroatoms. The number of rotatable bonds is 6. The van der Waals surface area contributed by atoms with Crippen LogP contribution in [0.4, 0.5) is 4.79 Å². The minimum absolute atomic E-state index is 0.0227. The molecular weight excluding hydrogens is 316 g/mol. The van der Waals surface area contributed by atoms with E-state index < -0.39 is 6.04 Å². The monoisotopic (exact) mass is 338 g/mol. The highest BCUT2D eigenvalue weighted by Gasteiger charge is 2.41. The molecule has 1 aliphatic rings. The average Bonchev–Trinajstić information content (AvgIpc) is 2.94. The van der Waals surface area contributed by atoms with Crippen molar-refractivity contribution in [3.05, 3.63) is 15.6 Å². The highest BCUT2D eigenvalue weighted by Crippen LogP contribution is 2.20. The summed E-state index contributed by atoms with van der Waals surface area (Å²) in [5.74, 6) is -0.588. The number of hydrogen-bond acceptors (Lipinski definition) is 5. The Labute approximate surface area is 139 Å². The van der Waals surface area contributed by atoms with Gasteiger partial charge < -0.3 is 10.2 Å². The molecule has 0 unspecified atom stereocenters. The number of thiazole rings is 1. The molecule has 0 bridgehead atoms. The number of nitrogens with zero attached hydrogens (tertiary/aromatic N) is 3. The number of nitrogens with one attached hydrogen (secondary N) is 1. The summed E-state index contributed by atoms with van der Waals surface area (Å²) in [6, 6.07) is -1.10. The average molecular weight is 338 g/mol. The van der Waals surface area contributed by atoms with Gasteiger partial charge in [0.15, 0.2) is 0 Å². The van der Waals surface area contributed by atoms with Gasteiger partial charge in [0.05, 0.1) is 23.7 Å². The molecule has 2 heterocycles. The molecule has 0 aromatic carbocycles. The maximum atomic E-state index is 12.1. The maximum Gasteiger partial charge on any atom is 0.326 e. The Hall–Kier alpha value is -1.96. The standard InChI is InChI=1S/C15H22N4O3S/c1-5-6-13-17-9(2)11(23-13)8-16-12(20)7-10-14(21)19(4)15(22)18(10)3/h10H,5-8H2,1-4H3,(H,16,20)/t10-/m0/s1. The molecule has 1 saturated heterocycles. The molecule has 1 fully saturated rings. The molecule has 126 valence electrons. The quantitative estimate of drug-likeness (QED) is 0.793. The molecule has 23 heavy (non-hydrogen) atoms. The van der Waals surface area contributed by atoms with Crippen molar-refractivity contribution in [3.8, 4) is 0 Å². The lowest BCUT2D eigenvalue weighted by molar-refractivity contribution is -0.131. The van der Waals surface area contributed by atoms with Gasteiger partial charge in [0.25, 0.3) is 5.91 Å². The van der Waals surface area contributed by atoms with E-state index in [2.05, 4.69) is 17.2 Å². The van der Waals surface area contributed by atoms with Crippen LogP contribution in [0.15, 0.2) is 0 Å². The summed E-state index contributed by atoms with van der Waals surface area (Å²) in [7, 11) is 2.96. The van der Waals surface area contributed by atoms with E-state index in [1.54, 1.807) is 11.3 Å². The van der Waals surface area contributed by atoms with Crippen molar-refractivity contribution in [2.24, 2.45) is 0 Å². The topological polar surface area (TPSA) is 82.6 Å². The van der Waals surface area contributed by atoms with Crippen molar-refractivity contribution in [1.29, 1.82) is 0 Å². The fourth-order valence-electron chi connectivity index (χ4n) is 2.48. The molecule has 1 atom stereocenters. The summed E-state index contributed by atoms with van der Waals surface area (Å²) in [5.41, 5.74) is 0.933. The molecule has 1 aliphatic heterocycles. The van der Waals surface area contributed by atoms with E-state index in [9.17, 15) is 14.4 Å². The predicted molar refractivity (Wildman–Crippen MR) is 87.0 cm³/mol. The Bertz CT molecular complexity index is 628. The molecule has 4 amide bonds. The van der Waals surface area contributed by atoms with Gasteiger partial charge in [-0.3, -0.25) is 14.5 Å². The van der Waals surface area contributed by atoms with E-state index in [0.717, 1.165) is 33.3 Å². The number of aryl methyl sites for hydroxylation is 2. The highest BCUT2D eigenvalue weighted by atomic mass is 32.1. The van der Waals surface area contributed by atoms with Crippen molar-refractivity contribution in [2.45, 2.75) is 45.7 Å². The van der Waals surface area contributed by atoms with Gasteiger partial charge in [0.1, 0.15) is 6.04 Å². The normalized spacial score (nSPS) is 18.0. The van der Waals surface area contributed by atoms with Gasteiger partial charge >= 0.3 is 6.03 Å². The molecule has 0 radical (unpaired) electrons. The van der Waals surface area contributed by atoms with Crippen LogP contribution in [0.25, 0.3) is 0 Å². The van der Waals surface area contributed by atoms with Crippen LogP contribution in [0.3, 0.4) is 0 Å². The first-order chi connectivity index (χ1) is 10.8. The Morgan fingerprint density at radius 2 is 2.04 bits per heavy atom. The summed E-state index contributed by atoms with van der Waals surface area (Å²) < 4.78 is 0. The van der Waals surface area contributed by atoms with E-state index in [1.807, 2.05) is 6.92 Å². The Morgan fingerprint density at radius 3 is 2.61 bits per heavy atom. The third-order valence-corrected chi connectivity index (χ3v) is 5.11. The first-order valence-corrected chi connectivity index (χ1v) is 8.43. The van der Waals surface area contributed by atoms with Gasteiger partial charge in [0, 0.05) is 19.0 Å². The predicted octanol–water partition coefficient (Wildman–Crippen LogP) is 1.30. The molecule has 1 N–H and O–H groups in total. The minimum Gasteiger partial charge on any atom is -0.351 e. The van der Waals surface area contributed by atoms with Crippen LogP contribution in [-0.4, -0.2) is 52.8 Å². The molecule has 0 saturated carbocycles. The van der Waals surface area contributed by atoms with Crippen LogP contribution in [0.2, 0.25) is 0 Å². The van der Waals surface area contributed by atoms with Gasteiger partial charge in [-0.25, -0.2) is 9.78 Å². The van der Waals surface area contributed by atoms with Crippen molar-refractivity contribution in [2.75, 3.05) is 14.1 Å². The zero-order valence-corrected chi connectivity index (χ0v) is 14.7. The van der Waals surface area contributed by atoms with E-state index in [4.69, 9.17) is 0 Å². The molecule has 1 aromatic heterocycles. The minimum atomic E-state index is -0.717. The van der Waals surface area contributed by atoms with Gasteiger partial charge in [-0.1, -0.05) is 6.92 Å². The Kier molecular flexibility index (Phi) is 5.35. The summed E-state index contributed by atoms with van der Waals surface area (Å²) >= 11 is 1.61. The maximum absolute atomic E-state index is 12.1. The van der Waals surface area contributed by atoms with Crippen molar-refractivity contribution in [3.63, 3.8) is 0 Å². The molecular formula is C15H22N4O3S. The molecule has 7 nitrogen and oxygen atoms in total. The van der Waals surface area contributed by atoms with Crippen LogP contribution < -0.4 is 5.32 Å². The molecule has 1 aromatic rings. The number of likely N-dealkylation sites (N-methyl/N-ethyl adjacent to an activating group) is 2. The third-order valence-electron chi connectivity index (χ3n) is 3.90. The Balaban J connectivity index is 1.91. The third kappa shape index (κ3) is 3.69. The number of aromatic nitrogens is 1. The van der Waals surface area contributed by atoms with Crippen molar-refractivity contribution >= 4 is 29.2 Å². The number of imide groups is 1. The Morgan fingerprint density at radius 1 is 1.35 bits per heavy atom. The van der Waals surface area contributed by atoms with Crippen LogP contribution >= 0.6 is 11.3 Å². The van der Waals surface area contributed by atoms with Crippen LogP contribution in [0, 0.1) is 6.92 Å². The molecule has 0 aliphatic carbocycles. The number of amides is 4. The molecule has 2 rings (SSSR count). The van der Waals surface area contributed by atoms with Crippen LogP contribution in [-0.2, 0) is 22.6 Å². The lowest BCUT2D eigenvalue weighted by Crippen LogP contribution is -2.37. The first kappa shape index (κ1) is 17.4. The van der Waals surface area contributed by atoms with E-state index in [0.29, 0.717) is 6.54 Å². The van der Waals surface area contributed by atoms with Crippen molar-refractivity contribution in [1.82, 2.24) is 20.1 Å². The SMILES string of the molecule is CCCc1nc(C)c(CNC(=O)C[C@H]2C(=O)N(C)C(=O)N2C)s1. The highest BCUT2D eigenvalue weighted by molar-refractivity contribution is 7.11. The lowest BCUT2D eigenvalue weighted by atomic mass is 10.2. The van der Waals surface area contributed by atoms with Crippen LogP contribution in [0.1, 0.15) is 35.3 Å². The zero-order valence-electron chi connectivity index (χ0n) is 13.9. The summed E-state index contributed by atoms with van der Waals surface area (Å²) in [4.78, 5) is 43.6. The fraction of sp³-hybridized carbons (Fsp3) is 0.600. The number of carbonyl (C=O) groups excluding carboxylic acids is 3. The van der Waals surface area contributed by atoms with Gasteiger partial charge in [-0.2, -0.15) is 0 Å². The smallest absolute Gasteiger partial charge is 0.326 e. The second kappa shape index (κ2) is 7.08. The summed E-state index contributed by atoms with van der Waals surface area (Å²) in [6.07, 6.45) is 1.96. The zero-order chi connectivity index (χ0) is 17.1. The van der Waals surface area contributed by atoms with E-state index >= 15 is 0 Å². The molecule has 0 spiro atoms.